The Balaban J connectivity index is 0. The van der Waals surface area contributed by atoms with Crippen molar-refractivity contribution in [3.05, 3.63) is 0 Å². The van der Waals surface area contributed by atoms with Gasteiger partial charge in [-0.15, -0.1) is 0 Å². The first-order valence-corrected chi connectivity index (χ1v) is 3.33. The number of aldehydes is 1. The Bertz CT molecular complexity index is 143. The number of carbonyl (C=O) groups is 1. The molecule has 0 saturated heterocycles. The molecule has 6 nitrogen and oxygen atoms in total. The number of rotatable bonds is 5. The normalized spacial score (nSPS) is 19.5. The van der Waals surface area contributed by atoms with Gasteiger partial charge < -0.3 is 30.3 Å². The van der Waals surface area contributed by atoms with Gasteiger partial charge in [0.1, 0.15) is 24.4 Å². The second-order valence-electron chi connectivity index (χ2n) is 2.36. The first-order chi connectivity index (χ1) is 5.54. The summed E-state index contributed by atoms with van der Waals surface area (Å²) in [4.78, 5) is 9.90. The molecular formula is C6H12BaO6. The summed E-state index contributed by atoms with van der Waals surface area (Å²) in [5.74, 6) is 0. The molecule has 0 aromatic carbocycles. The monoisotopic (exact) mass is 318 g/mol. The number of aliphatic hydroxyl groups is 5. The van der Waals surface area contributed by atoms with E-state index in [1.54, 1.807) is 0 Å². The van der Waals surface area contributed by atoms with Crippen LogP contribution in [0.2, 0.25) is 0 Å². The van der Waals surface area contributed by atoms with Crippen LogP contribution in [0.3, 0.4) is 0 Å². The topological polar surface area (TPSA) is 118 Å². The van der Waals surface area contributed by atoms with Crippen LogP contribution >= 0.6 is 0 Å². The van der Waals surface area contributed by atoms with Crippen molar-refractivity contribution in [3.8, 4) is 0 Å². The first kappa shape index (κ1) is 16.5. The summed E-state index contributed by atoms with van der Waals surface area (Å²) in [6, 6.07) is 0. The van der Waals surface area contributed by atoms with Gasteiger partial charge in [0.25, 0.3) is 0 Å². The molecule has 0 aliphatic rings. The maximum atomic E-state index is 9.90. The second kappa shape index (κ2) is 8.36. The number of hydrogen-bond donors (Lipinski definition) is 5. The molecule has 0 spiro atoms. The second-order valence-corrected chi connectivity index (χ2v) is 2.36. The molecule has 0 amide bonds. The molecule has 0 bridgehead atoms. The van der Waals surface area contributed by atoms with Crippen molar-refractivity contribution in [1.82, 2.24) is 0 Å². The molecule has 2 radical (unpaired) electrons. The summed E-state index contributed by atoms with van der Waals surface area (Å²) < 4.78 is 0. The zero-order valence-corrected chi connectivity index (χ0v) is 11.4. The van der Waals surface area contributed by atoms with Crippen molar-refractivity contribution in [3.63, 3.8) is 0 Å². The van der Waals surface area contributed by atoms with Crippen LogP contribution in [0.15, 0.2) is 0 Å². The van der Waals surface area contributed by atoms with E-state index in [1.165, 1.54) is 0 Å². The van der Waals surface area contributed by atoms with Gasteiger partial charge in [0, 0.05) is 48.9 Å². The summed E-state index contributed by atoms with van der Waals surface area (Å²) >= 11 is 0. The average molecular weight is 317 g/mol. The molecule has 0 rings (SSSR count). The van der Waals surface area contributed by atoms with Crippen LogP contribution in [0.25, 0.3) is 0 Å². The SMILES string of the molecule is O=C[C@H](O)[C@@H](O)[C@H](O)[C@H](O)CO.[Ba]. The molecule has 0 unspecified atom stereocenters. The zero-order chi connectivity index (χ0) is 9.72. The molecule has 13 heavy (non-hydrogen) atoms. The van der Waals surface area contributed by atoms with Crippen LogP contribution in [0.4, 0.5) is 0 Å². The Kier molecular flexibility index (Phi) is 10.6. The van der Waals surface area contributed by atoms with Gasteiger partial charge in [-0.25, -0.2) is 0 Å². The van der Waals surface area contributed by atoms with Crippen LogP contribution in [0, 0.1) is 0 Å². The Hall–Kier alpha value is 1.04. The van der Waals surface area contributed by atoms with Crippen molar-refractivity contribution in [2.75, 3.05) is 6.61 Å². The van der Waals surface area contributed by atoms with E-state index in [0.717, 1.165) is 0 Å². The number of carbonyl (C=O) groups excluding carboxylic acids is 1. The van der Waals surface area contributed by atoms with Crippen LogP contribution in [0.5, 0.6) is 0 Å². The van der Waals surface area contributed by atoms with E-state index in [9.17, 15) is 4.79 Å². The Morgan fingerprint density at radius 3 is 1.85 bits per heavy atom. The number of aliphatic hydroxyl groups excluding tert-OH is 5. The molecule has 5 N–H and O–H groups in total. The standard InChI is InChI=1S/C6H12O6.Ba/c7-1-3(9)5(11)6(12)4(10)2-8;/h1,3-6,8-12H,2H2;/t3-,4+,5+,6+;/m0./s1. The molecule has 0 saturated carbocycles. The predicted octanol–water partition coefficient (Wildman–Crippen LogP) is -3.76. The van der Waals surface area contributed by atoms with Gasteiger partial charge in [0.2, 0.25) is 0 Å². The van der Waals surface area contributed by atoms with Crippen LogP contribution < -0.4 is 0 Å². The van der Waals surface area contributed by atoms with E-state index in [4.69, 9.17) is 25.5 Å². The number of hydrogen-bond acceptors (Lipinski definition) is 6. The smallest absolute Gasteiger partial charge is 0.151 e. The third kappa shape index (κ3) is 5.47. The molecule has 74 valence electrons. The molecule has 0 aliphatic heterocycles. The fourth-order valence-corrected chi connectivity index (χ4v) is 0.618. The van der Waals surface area contributed by atoms with Gasteiger partial charge in [-0.05, 0) is 0 Å². The Morgan fingerprint density at radius 1 is 1.08 bits per heavy atom. The van der Waals surface area contributed by atoms with Gasteiger partial charge in [-0.2, -0.15) is 0 Å². The minimum atomic E-state index is -1.79. The largest absolute Gasteiger partial charge is 0.394 e. The fourth-order valence-electron chi connectivity index (χ4n) is 0.618. The van der Waals surface area contributed by atoms with E-state index in [0.29, 0.717) is 0 Å². The quantitative estimate of drug-likeness (QED) is 0.263. The predicted molar refractivity (Wildman–Crippen MR) is 42.9 cm³/mol. The first-order valence-electron chi connectivity index (χ1n) is 3.33. The molecular weight excluding hydrogens is 305 g/mol. The van der Waals surface area contributed by atoms with E-state index < -0.39 is 31.0 Å². The van der Waals surface area contributed by atoms with E-state index >= 15 is 0 Å². The molecule has 0 fully saturated rings. The van der Waals surface area contributed by atoms with Crippen LogP contribution in [-0.2, 0) is 4.79 Å². The van der Waals surface area contributed by atoms with E-state index in [2.05, 4.69) is 0 Å². The molecule has 0 aliphatic carbocycles. The average Bonchev–Trinajstić information content (AvgIpc) is 2.12. The third-order valence-corrected chi connectivity index (χ3v) is 1.42. The van der Waals surface area contributed by atoms with Crippen LogP contribution in [0.1, 0.15) is 0 Å². The van der Waals surface area contributed by atoms with Gasteiger partial charge in [0.05, 0.1) is 6.61 Å². The van der Waals surface area contributed by atoms with Gasteiger partial charge >= 0.3 is 0 Å². The fraction of sp³-hybridized carbons (Fsp3) is 0.833. The maximum Gasteiger partial charge on any atom is 0.151 e. The van der Waals surface area contributed by atoms with E-state index in [-0.39, 0.29) is 55.2 Å². The minimum Gasteiger partial charge on any atom is -0.394 e. The van der Waals surface area contributed by atoms with Crippen molar-refractivity contribution in [2.45, 2.75) is 24.4 Å². The Labute approximate surface area is 115 Å². The van der Waals surface area contributed by atoms with E-state index in [1.807, 2.05) is 0 Å². The van der Waals surface area contributed by atoms with Crippen molar-refractivity contribution < 1.29 is 30.3 Å². The van der Waals surface area contributed by atoms with Crippen molar-refractivity contribution >= 4 is 55.2 Å². The Morgan fingerprint density at radius 2 is 1.54 bits per heavy atom. The minimum absolute atomic E-state index is 0. The zero-order valence-electron chi connectivity index (χ0n) is 6.95. The van der Waals surface area contributed by atoms with Gasteiger partial charge in [-0.3, -0.25) is 0 Å². The summed E-state index contributed by atoms with van der Waals surface area (Å²) in [6.07, 6.45) is -6.84. The molecule has 0 heterocycles. The maximum absolute atomic E-state index is 9.90. The molecule has 7 heteroatoms. The summed E-state index contributed by atoms with van der Waals surface area (Å²) in [6.45, 7) is -0.760. The van der Waals surface area contributed by atoms with Crippen molar-refractivity contribution in [1.29, 1.82) is 0 Å². The molecule has 4 atom stereocenters. The summed E-state index contributed by atoms with van der Waals surface area (Å²) in [5.41, 5.74) is 0. The van der Waals surface area contributed by atoms with Gasteiger partial charge in [0.15, 0.2) is 6.29 Å². The summed E-state index contributed by atoms with van der Waals surface area (Å²) in [7, 11) is 0. The van der Waals surface area contributed by atoms with Crippen LogP contribution in [-0.4, -0.2) is 112 Å². The van der Waals surface area contributed by atoms with Crippen molar-refractivity contribution in [2.24, 2.45) is 0 Å². The third-order valence-electron chi connectivity index (χ3n) is 1.42. The summed E-state index contributed by atoms with van der Waals surface area (Å²) in [5, 5.41) is 43.5. The molecule has 0 aromatic heterocycles. The molecule has 0 aromatic rings. The van der Waals surface area contributed by atoms with Gasteiger partial charge in [-0.1, -0.05) is 0 Å².